The quantitative estimate of drug-likeness (QED) is 0.491. The molecule has 2 heterocycles. The number of nitrogens with zero attached hydrogens (tertiary/aromatic N) is 1. The van der Waals surface area contributed by atoms with Crippen molar-refractivity contribution in [2.75, 3.05) is 14.1 Å². The van der Waals surface area contributed by atoms with Gasteiger partial charge in [-0.15, -0.1) is 0 Å². The summed E-state index contributed by atoms with van der Waals surface area (Å²) in [6.07, 6.45) is 10.9. The summed E-state index contributed by atoms with van der Waals surface area (Å²) in [6.45, 7) is 7.93. The number of aromatic amines is 1. The predicted molar refractivity (Wildman–Crippen MR) is 154 cm³/mol. The van der Waals surface area contributed by atoms with Gasteiger partial charge < -0.3 is 24.7 Å². The van der Waals surface area contributed by atoms with Crippen molar-refractivity contribution in [1.82, 2.24) is 15.2 Å². The van der Waals surface area contributed by atoms with Crippen molar-refractivity contribution in [2.24, 2.45) is 5.92 Å². The van der Waals surface area contributed by atoms with Crippen LogP contribution >= 0.6 is 0 Å². The maximum atomic E-state index is 13.6. The van der Waals surface area contributed by atoms with Gasteiger partial charge in [-0.05, 0) is 110 Å². The second-order valence-electron chi connectivity index (χ2n) is 12.0. The van der Waals surface area contributed by atoms with Crippen molar-refractivity contribution in [3.8, 4) is 11.5 Å². The first-order chi connectivity index (χ1) is 18.6. The number of carbonyl (C=O) groups excluding carboxylic acids is 1. The Hall–Kier alpha value is -3.06. The van der Waals surface area contributed by atoms with Crippen molar-refractivity contribution in [2.45, 2.75) is 97.4 Å². The molecule has 0 spiro atoms. The van der Waals surface area contributed by atoms with Crippen LogP contribution in [-0.4, -0.2) is 41.7 Å². The van der Waals surface area contributed by atoms with E-state index >= 15 is 0 Å². The lowest BCUT2D eigenvalue weighted by Gasteiger charge is -2.39. The van der Waals surface area contributed by atoms with Gasteiger partial charge in [-0.1, -0.05) is 6.08 Å². The molecule has 5 rings (SSSR count). The van der Waals surface area contributed by atoms with E-state index in [-0.39, 0.29) is 23.9 Å². The Kier molecular flexibility index (Phi) is 7.64. The monoisotopic (exact) mass is 533 g/mol. The van der Waals surface area contributed by atoms with E-state index in [2.05, 4.69) is 42.3 Å². The van der Waals surface area contributed by atoms with Crippen LogP contribution in [0.4, 0.5) is 0 Å². The van der Waals surface area contributed by atoms with Gasteiger partial charge in [0, 0.05) is 53.4 Å². The minimum atomic E-state index is -0.754. The zero-order valence-electron chi connectivity index (χ0n) is 24.3. The maximum absolute atomic E-state index is 13.6. The van der Waals surface area contributed by atoms with Crippen LogP contribution in [0.5, 0.6) is 11.5 Å². The van der Waals surface area contributed by atoms with Gasteiger partial charge in [-0.2, -0.15) is 0 Å². The summed E-state index contributed by atoms with van der Waals surface area (Å²) in [4.78, 5) is 31.3. The topological polar surface area (TPSA) is 83.7 Å². The minimum Gasteiger partial charge on any atom is -0.448 e. The molecule has 39 heavy (non-hydrogen) atoms. The maximum Gasteiger partial charge on any atom is 0.253 e. The number of hydrogen-bond acceptors (Lipinski definition) is 5. The number of hydrogen-bond donors (Lipinski definition) is 2. The third kappa shape index (κ3) is 5.38. The fraction of sp³-hybridized carbons (Fsp3) is 0.562. The van der Waals surface area contributed by atoms with E-state index in [9.17, 15) is 9.59 Å². The van der Waals surface area contributed by atoms with Gasteiger partial charge in [0.15, 0.2) is 11.5 Å². The van der Waals surface area contributed by atoms with E-state index in [1.807, 2.05) is 32.9 Å². The highest BCUT2D eigenvalue weighted by Gasteiger charge is 2.47. The Labute approximate surface area is 232 Å². The lowest BCUT2D eigenvalue weighted by atomic mass is 9.81. The molecule has 1 unspecified atom stereocenters. The number of aryl methyl sites for hydroxylation is 2. The highest BCUT2D eigenvalue weighted by atomic mass is 16.7. The summed E-state index contributed by atoms with van der Waals surface area (Å²) in [7, 11) is 4.31. The number of aromatic nitrogens is 1. The Morgan fingerprint density at radius 2 is 1.79 bits per heavy atom. The fourth-order valence-corrected chi connectivity index (χ4v) is 6.59. The van der Waals surface area contributed by atoms with Crippen LogP contribution in [-0.2, 0) is 6.54 Å². The molecule has 0 bridgehead atoms. The highest BCUT2D eigenvalue weighted by molar-refractivity contribution is 5.98. The van der Waals surface area contributed by atoms with E-state index in [0.29, 0.717) is 22.9 Å². The number of benzene rings is 1. The van der Waals surface area contributed by atoms with Gasteiger partial charge in [0.05, 0.1) is 0 Å². The first kappa shape index (κ1) is 27.5. The molecule has 7 nitrogen and oxygen atoms in total. The Bertz CT molecular complexity index is 1350. The number of allylic oxidation sites excluding steroid dienone is 2. The van der Waals surface area contributed by atoms with Crippen molar-refractivity contribution in [3.63, 3.8) is 0 Å². The molecule has 2 aromatic rings. The number of fused-ring (bicyclic) bond motifs is 1. The third-order valence-corrected chi connectivity index (χ3v) is 9.06. The summed E-state index contributed by atoms with van der Waals surface area (Å²) in [6, 6.07) is 4.50. The van der Waals surface area contributed by atoms with Gasteiger partial charge in [0.25, 0.3) is 17.3 Å². The zero-order valence-corrected chi connectivity index (χ0v) is 24.3. The van der Waals surface area contributed by atoms with Crippen LogP contribution in [0, 0.1) is 26.7 Å². The molecule has 2 N–H and O–H groups in total. The first-order valence-corrected chi connectivity index (χ1v) is 14.5. The molecule has 1 amide bonds. The molecule has 1 aliphatic heterocycles. The third-order valence-electron chi connectivity index (χ3n) is 9.06. The zero-order chi connectivity index (χ0) is 27.9. The number of carbonyl (C=O) groups is 1. The summed E-state index contributed by atoms with van der Waals surface area (Å²) in [5.41, 5.74) is 5.63. The number of pyridine rings is 1. The lowest BCUT2D eigenvalue weighted by molar-refractivity contribution is -0.123. The molecule has 1 fully saturated rings. The van der Waals surface area contributed by atoms with Crippen LogP contribution < -0.4 is 20.3 Å². The predicted octanol–water partition coefficient (Wildman–Crippen LogP) is 5.80. The largest absolute Gasteiger partial charge is 0.448 e. The number of rotatable bonds is 6. The van der Waals surface area contributed by atoms with Crippen molar-refractivity contribution < 1.29 is 14.3 Å². The number of ether oxygens (including phenoxy) is 2. The van der Waals surface area contributed by atoms with E-state index in [1.165, 1.54) is 12.0 Å². The van der Waals surface area contributed by atoms with Crippen LogP contribution in [0.15, 0.2) is 23.0 Å². The molecule has 1 aromatic carbocycles. The molecule has 7 heteroatoms. The Morgan fingerprint density at radius 1 is 1.08 bits per heavy atom. The molecule has 2 aliphatic carbocycles. The fourth-order valence-electron chi connectivity index (χ4n) is 6.59. The van der Waals surface area contributed by atoms with Gasteiger partial charge in [-0.3, -0.25) is 9.59 Å². The molecular weight excluding hydrogens is 490 g/mol. The van der Waals surface area contributed by atoms with Gasteiger partial charge in [0.1, 0.15) is 0 Å². The first-order valence-electron chi connectivity index (χ1n) is 14.5. The molecule has 3 aliphatic rings. The van der Waals surface area contributed by atoms with E-state index in [0.717, 1.165) is 73.1 Å². The van der Waals surface area contributed by atoms with E-state index in [4.69, 9.17) is 9.47 Å². The van der Waals surface area contributed by atoms with Crippen LogP contribution in [0.3, 0.4) is 0 Å². The van der Waals surface area contributed by atoms with Gasteiger partial charge in [-0.25, -0.2) is 0 Å². The van der Waals surface area contributed by atoms with Crippen molar-refractivity contribution >= 4 is 11.5 Å². The summed E-state index contributed by atoms with van der Waals surface area (Å²) in [5, 5.41) is 3.00. The molecule has 210 valence electrons. The molecule has 0 saturated heterocycles. The van der Waals surface area contributed by atoms with Crippen LogP contribution in [0.25, 0.3) is 5.57 Å². The lowest BCUT2D eigenvalue weighted by Crippen LogP contribution is -2.46. The molecule has 1 saturated carbocycles. The van der Waals surface area contributed by atoms with E-state index in [1.54, 1.807) is 0 Å². The normalized spacial score (nSPS) is 24.5. The number of nitrogens with one attached hydrogen (secondary N) is 2. The summed E-state index contributed by atoms with van der Waals surface area (Å²) in [5.74, 6) is 0.777. The summed E-state index contributed by atoms with van der Waals surface area (Å²) < 4.78 is 13.4. The molecule has 1 atom stereocenters. The van der Waals surface area contributed by atoms with Crippen molar-refractivity contribution in [1.29, 1.82) is 0 Å². The standard InChI is InChI=1S/C32H43N3O4/c1-19-16-20(2)34-31(37)27(19)18-33-30(36)25-17-26(22-10-8-7-9-11-22)29-28(21(25)3)38-32(4,39-29)23-12-14-24(15-13-23)35(5)6/h10,16-17,23-24H,7-9,11-15,18H2,1-6H3,(H,33,36)(H,34,37)/t23-,24-,32?. The molecule has 1 aromatic heterocycles. The minimum absolute atomic E-state index is 0.164. The van der Waals surface area contributed by atoms with Gasteiger partial charge in [0.2, 0.25) is 0 Å². The molecular formula is C32H43N3O4. The number of H-pyrrole nitrogens is 1. The average Bonchev–Trinajstić information content (AvgIpc) is 3.28. The molecule has 0 radical (unpaired) electrons. The van der Waals surface area contributed by atoms with Crippen LogP contribution in [0.1, 0.15) is 96.6 Å². The highest BCUT2D eigenvalue weighted by Crippen LogP contribution is 2.52. The number of amides is 1. The van der Waals surface area contributed by atoms with Gasteiger partial charge >= 0.3 is 0 Å². The second kappa shape index (κ2) is 10.8. The smallest absolute Gasteiger partial charge is 0.253 e. The summed E-state index contributed by atoms with van der Waals surface area (Å²) >= 11 is 0. The second-order valence-corrected chi connectivity index (χ2v) is 12.0. The Balaban J connectivity index is 1.45. The van der Waals surface area contributed by atoms with E-state index < -0.39 is 5.79 Å². The van der Waals surface area contributed by atoms with Crippen LogP contribution in [0.2, 0.25) is 0 Å². The Morgan fingerprint density at radius 3 is 2.44 bits per heavy atom. The SMILES string of the molecule is Cc1cc(C)c(CNC(=O)c2cc(C3=CCCCC3)c3c(c2C)OC(C)([C@H]2CC[C@H](N(C)C)CC2)O3)c(=O)[nH]1. The average molecular weight is 534 g/mol. The van der Waals surface area contributed by atoms with Crippen molar-refractivity contribution in [3.05, 3.63) is 62.1 Å².